The summed E-state index contributed by atoms with van der Waals surface area (Å²) in [5, 5.41) is 21.4. The van der Waals surface area contributed by atoms with Crippen molar-refractivity contribution in [2.75, 3.05) is 0 Å². The Balaban J connectivity index is 1.60. The van der Waals surface area contributed by atoms with E-state index in [9.17, 15) is 0 Å². The third-order valence-electron chi connectivity index (χ3n) is 3.57. The number of fused-ring (bicyclic) bond motifs is 3. The van der Waals surface area contributed by atoms with E-state index in [0.29, 0.717) is 5.75 Å². The van der Waals surface area contributed by atoms with Gasteiger partial charge in [-0.15, -0.1) is 15.3 Å². The molecular weight excluding hydrogens is 330 g/mol. The van der Waals surface area contributed by atoms with Gasteiger partial charge in [-0.05, 0) is 29.0 Å². The molecule has 23 heavy (non-hydrogen) atoms. The van der Waals surface area contributed by atoms with Crippen molar-refractivity contribution in [3.8, 4) is 0 Å². The van der Waals surface area contributed by atoms with Crippen molar-refractivity contribution >= 4 is 38.3 Å². The number of tetrazole rings is 1. The second kappa shape index (κ2) is 6.25. The molecule has 118 valence electrons. The fourth-order valence-electron chi connectivity index (χ4n) is 2.39. The minimum Gasteiger partial charge on any atom is -0.260 e. The van der Waals surface area contributed by atoms with E-state index in [2.05, 4.69) is 49.2 Å². The molecule has 7 nitrogen and oxygen atoms in total. The summed E-state index contributed by atoms with van der Waals surface area (Å²) in [6.07, 6.45) is 2.20. The fourth-order valence-corrected chi connectivity index (χ4v) is 4.29. The summed E-state index contributed by atoms with van der Waals surface area (Å²) in [6.45, 7) is 3.02. The number of thioether (sulfide) groups is 1. The maximum atomic E-state index is 4.31. The zero-order chi connectivity index (χ0) is 15.6. The topological polar surface area (TPSA) is 73.8 Å². The lowest BCUT2D eigenvalue weighted by Gasteiger charge is -2.02. The summed E-state index contributed by atoms with van der Waals surface area (Å²) in [4.78, 5) is 0.916. The van der Waals surface area contributed by atoms with Crippen LogP contribution in [-0.4, -0.2) is 34.8 Å². The summed E-state index contributed by atoms with van der Waals surface area (Å²) in [5.41, 5.74) is 1.14. The first-order chi connectivity index (χ1) is 11.4. The number of rotatable bonds is 6. The third kappa shape index (κ3) is 2.70. The quantitative estimate of drug-likeness (QED) is 0.500. The molecule has 9 heteroatoms. The van der Waals surface area contributed by atoms with E-state index in [1.165, 1.54) is 4.70 Å². The molecule has 0 saturated heterocycles. The van der Waals surface area contributed by atoms with Crippen molar-refractivity contribution < 1.29 is 0 Å². The van der Waals surface area contributed by atoms with Crippen LogP contribution in [0, 0.1) is 0 Å². The molecule has 0 atom stereocenters. The molecule has 3 heterocycles. The van der Waals surface area contributed by atoms with Gasteiger partial charge in [0.15, 0.2) is 11.0 Å². The van der Waals surface area contributed by atoms with Crippen LogP contribution >= 0.6 is 23.1 Å². The van der Waals surface area contributed by atoms with Gasteiger partial charge in [-0.3, -0.25) is 4.40 Å². The molecule has 0 amide bonds. The van der Waals surface area contributed by atoms with Crippen molar-refractivity contribution in [2.45, 2.75) is 37.2 Å². The summed E-state index contributed by atoms with van der Waals surface area (Å²) >= 11 is 3.26. The smallest absolute Gasteiger partial charge is 0.217 e. The van der Waals surface area contributed by atoms with Gasteiger partial charge in [0.1, 0.15) is 0 Å². The van der Waals surface area contributed by atoms with Crippen LogP contribution in [0.25, 0.3) is 15.2 Å². The summed E-state index contributed by atoms with van der Waals surface area (Å²) in [5.74, 6) is 1.56. The van der Waals surface area contributed by atoms with Crippen LogP contribution in [0.4, 0.5) is 0 Å². The number of aryl methyl sites for hydroxylation is 1. The third-order valence-corrected chi connectivity index (χ3v) is 5.51. The summed E-state index contributed by atoms with van der Waals surface area (Å²) < 4.78 is 5.19. The van der Waals surface area contributed by atoms with Crippen LogP contribution in [0.1, 0.15) is 25.6 Å². The minimum absolute atomic E-state index is 0.682. The molecule has 4 aromatic rings. The van der Waals surface area contributed by atoms with Crippen molar-refractivity contribution in [3.05, 3.63) is 30.1 Å². The van der Waals surface area contributed by atoms with E-state index in [0.717, 1.165) is 40.8 Å². The maximum absolute atomic E-state index is 4.31. The molecule has 0 aliphatic heterocycles. The molecule has 0 N–H and O–H groups in total. The molecule has 0 aliphatic rings. The number of thiazole rings is 1. The standard InChI is InChI=1S/C14H15N7S2/c1-2-3-8-20-12(15-18-19-20)9-22-13-16-17-14-21(13)10-6-4-5-7-11(10)23-14/h4-7H,2-3,8-9H2,1H3. The van der Waals surface area contributed by atoms with Crippen molar-refractivity contribution in [1.82, 2.24) is 34.8 Å². The van der Waals surface area contributed by atoms with Gasteiger partial charge in [0.2, 0.25) is 4.96 Å². The fraction of sp³-hybridized carbons (Fsp3) is 0.357. The minimum atomic E-state index is 0.682. The zero-order valence-corrected chi connectivity index (χ0v) is 14.2. The van der Waals surface area contributed by atoms with E-state index in [1.807, 2.05) is 16.8 Å². The number of hydrogen-bond donors (Lipinski definition) is 0. The highest BCUT2D eigenvalue weighted by Crippen LogP contribution is 2.30. The van der Waals surface area contributed by atoms with E-state index in [4.69, 9.17) is 0 Å². The van der Waals surface area contributed by atoms with Crippen LogP contribution in [0.15, 0.2) is 29.4 Å². The lowest BCUT2D eigenvalue weighted by molar-refractivity contribution is 0.540. The van der Waals surface area contributed by atoms with Gasteiger partial charge in [0.05, 0.1) is 16.0 Å². The highest BCUT2D eigenvalue weighted by Gasteiger charge is 2.14. The van der Waals surface area contributed by atoms with E-state index in [-0.39, 0.29) is 0 Å². The lowest BCUT2D eigenvalue weighted by atomic mass is 10.3. The van der Waals surface area contributed by atoms with Gasteiger partial charge in [0, 0.05) is 6.54 Å². The zero-order valence-electron chi connectivity index (χ0n) is 12.6. The SMILES string of the molecule is CCCCn1nnnc1CSc1nnc2sc3ccccc3n12. The highest BCUT2D eigenvalue weighted by molar-refractivity contribution is 7.98. The number of para-hydroxylation sites is 1. The predicted octanol–water partition coefficient (Wildman–Crippen LogP) is 3.02. The number of hydrogen-bond acceptors (Lipinski definition) is 7. The Morgan fingerprint density at radius 1 is 1.17 bits per heavy atom. The molecule has 1 aromatic carbocycles. The second-order valence-electron chi connectivity index (χ2n) is 5.13. The van der Waals surface area contributed by atoms with Crippen LogP contribution < -0.4 is 0 Å². The van der Waals surface area contributed by atoms with Gasteiger partial charge in [-0.25, -0.2) is 4.68 Å². The number of aromatic nitrogens is 7. The normalized spacial score (nSPS) is 11.7. The van der Waals surface area contributed by atoms with Crippen LogP contribution in [0.2, 0.25) is 0 Å². The summed E-state index contributed by atoms with van der Waals surface area (Å²) in [7, 11) is 0. The average Bonchev–Trinajstić information content (AvgIpc) is 3.26. The average molecular weight is 345 g/mol. The molecule has 0 bridgehead atoms. The van der Waals surface area contributed by atoms with Crippen molar-refractivity contribution in [2.24, 2.45) is 0 Å². The van der Waals surface area contributed by atoms with E-state index >= 15 is 0 Å². The van der Waals surface area contributed by atoms with Gasteiger partial charge in [-0.1, -0.05) is 48.6 Å². The Kier molecular flexibility index (Phi) is 3.96. The molecule has 0 unspecified atom stereocenters. The lowest BCUT2D eigenvalue weighted by Crippen LogP contribution is -2.05. The largest absolute Gasteiger partial charge is 0.260 e. The van der Waals surface area contributed by atoms with Gasteiger partial charge >= 0.3 is 0 Å². The molecular formula is C14H15N7S2. The highest BCUT2D eigenvalue weighted by atomic mass is 32.2. The van der Waals surface area contributed by atoms with Gasteiger partial charge < -0.3 is 0 Å². The first-order valence-corrected chi connectivity index (χ1v) is 9.27. The van der Waals surface area contributed by atoms with Crippen LogP contribution in [-0.2, 0) is 12.3 Å². The van der Waals surface area contributed by atoms with Crippen molar-refractivity contribution in [3.63, 3.8) is 0 Å². The van der Waals surface area contributed by atoms with Crippen LogP contribution in [0.5, 0.6) is 0 Å². The van der Waals surface area contributed by atoms with Gasteiger partial charge in [-0.2, -0.15) is 0 Å². The number of unbranched alkanes of at least 4 members (excludes halogenated alkanes) is 1. The number of benzene rings is 1. The monoisotopic (exact) mass is 345 g/mol. The first kappa shape index (κ1) is 14.6. The Hall–Kier alpha value is -2.00. The van der Waals surface area contributed by atoms with Gasteiger partial charge in [0.25, 0.3) is 0 Å². The molecule has 4 rings (SSSR count). The molecule has 3 aromatic heterocycles. The first-order valence-electron chi connectivity index (χ1n) is 7.47. The Labute approximate surface area is 140 Å². The molecule has 0 radical (unpaired) electrons. The van der Waals surface area contributed by atoms with Crippen molar-refractivity contribution in [1.29, 1.82) is 0 Å². The Morgan fingerprint density at radius 2 is 2.09 bits per heavy atom. The predicted molar refractivity (Wildman–Crippen MR) is 90.7 cm³/mol. The molecule has 0 spiro atoms. The Bertz CT molecular complexity index is 939. The number of nitrogens with zero attached hydrogens (tertiary/aromatic N) is 7. The summed E-state index contributed by atoms with van der Waals surface area (Å²) in [6, 6.07) is 8.28. The molecule has 0 aliphatic carbocycles. The second-order valence-corrected chi connectivity index (χ2v) is 7.08. The van der Waals surface area contributed by atoms with Crippen LogP contribution in [0.3, 0.4) is 0 Å². The maximum Gasteiger partial charge on any atom is 0.217 e. The van der Waals surface area contributed by atoms with E-state index < -0.39 is 0 Å². The molecule has 0 fully saturated rings. The Morgan fingerprint density at radius 3 is 3.00 bits per heavy atom. The van der Waals surface area contributed by atoms with E-state index in [1.54, 1.807) is 23.1 Å². The molecule has 0 saturated carbocycles.